The van der Waals surface area contributed by atoms with E-state index >= 15 is 0 Å². The molecular weight excluding hydrogens is 310 g/mol. The van der Waals surface area contributed by atoms with Crippen LogP contribution >= 0.6 is 0 Å². The summed E-state index contributed by atoms with van der Waals surface area (Å²) in [4.78, 5) is 23.3. The average molecular weight is 325 g/mol. The largest absolute Gasteiger partial charge is 0.495 e. The number of aryl methyl sites for hydroxylation is 1. The van der Waals surface area contributed by atoms with Crippen LogP contribution in [-0.2, 0) is 7.05 Å². The van der Waals surface area contributed by atoms with Crippen molar-refractivity contribution >= 4 is 28.0 Å². The van der Waals surface area contributed by atoms with Crippen LogP contribution in [0.2, 0.25) is 0 Å². The Morgan fingerprint density at radius 3 is 2.50 bits per heavy atom. The minimum Gasteiger partial charge on any atom is -0.495 e. The first-order chi connectivity index (χ1) is 11.5. The van der Waals surface area contributed by atoms with Crippen LogP contribution in [0.3, 0.4) is 0 Å². The number of aromatic nitrogens is 1. The number of benzene rings is 2. The highest BCUT2D eigenvalue weighted by Gasteiger charge is 2.25. The van der Waals surface area contributed by atoms with Crippen molar-refractivity contribution in [2.75, 3.05) is 12.4 Å². The van der Waals surface area contributed by atoms with Gasteiger partial charge in [0.2, 0.25) is 0 Å². The molecule has 0 amide bonds. The van der Waals surface area contributed by atoms with Crippen LogP contribution in [0.5, 0.6) is 5.75 Å². The van der Waals surface area contributed by atoms with Gasteiger partial charge in [0.05, 0.1) is 23.2 Å². The molecule has 0 aliphatic carbocycles. The molecule has 0 aliphatic heterocycles. The van der Waals surface area contributed by atoms with Gasteiger partial charge in [-0.25, -0.2) is 0 Å². The molecule has 0 saturated heterocycles. The van der Waals surface area contributed by atoms with Crippen molar-refractivity contribution < 1.29 is 9.66 Å². The van der Waals surface area contributed by atoms with Gasteiger partial charge in [0, 0.05) is 12.4 Å². The summed E-state index contributed by atoms with van der Waals surface area (Å²) in [5.41, 5.74) is 0.133. The summed E-state index contributed by atoms with van der Waals surface area (Å²) in [6, 6.07) is 14.1. The monoisotopic (exact) mass is 325 g/mol. The summed E-state index contributed by atoms with van der Waals surface area (Å²) < 4.78 is 6.55. The fourth-order valence-corrected chi connectivity index (χ4v) is 2.66. The fraction of sp³-hybridized carbons (Fsp3) is 0.118. The van der Waals surface area contributed by atoms with Crippen molar-refractivity contribution in [3.8, 4) is 5.75 Å². The number of para-hydroxylation sites is 3. The number of nitrogens with zero attached hydrogens (tertiary/aromatic N) is 2. The second-order valence-electron chi connectivity index (χ2n) is 5.19. The molecule has 0 fully saturated rings. The molecule has 0 spiro atoms. The molecule has 24 heavy (non-hydrogen) atoms. The van der Waals surface area contributed by atoms with Gasteiger partial charge >= 0.3 is 11.2 Å². The molecule has 0 unspecified atom stereocenters. The van der Waals surface area contributed by atoms with E-state index in [-0.39, 0.29) is 5.69 Å². The molecule has 1 aromatic heterocycles. The van der Waals surface area contributed by atoms with Gasteiger partial charge in [-0.2, -0.15) is 0 Å². The SMILES string of the molecule is COc1ccccc1Nc1c([N+](=O)[O-])c(=O)n(C)c2ccccc12. The quantitative estimate of drug-likeness (QED) is 0.588. The summed E-state index contributed by atoms with van der Waals surface area (Å²) in [5, 5.41) is 15.1. The number of hydrogen-bond acceptors (Lipinski definition) is 5. The zero-order valence-electron chi connectivity index (χ0n) is 13.1. The van der Waals surface area contributed by atoms with E-state index in [1.807, 2.05) is 0 Å². The Labute approximate surface area is 137 Å². The highest BCUT2D eigenvalue weighted by Crippen LogP contribution is 2.35. The molecule has 3 aromatic rings. The Morgan fingerprint density at radius 1 is 1.12 bits per heavy atom. The Morgan fingerprint density at radius 2 is 1.79 bits per heavy atom. The maximum atomic E-state index is 12.4. The number of hydrogen-bond donors (Lipinski definition) is 1. The van der Waals surface area contributed by atoms with Gasteiger partial charge in [0.25, 0.3) is 0 Å². The first-order valence-corrected chi connectivity index (χ1v) is 7.20. The smallest absolute Gasteiger partial charge is 0.357 e. The maximum Gasteiger partial charge on any atom is 0.357 e. The van der Waals surface area contributed by atoms with Crippen molar-refractivity contribution in [1.82, 2.24) is 4.57 Å². The number of rotatable bonds is 4. The molecule has 7 heteroatoms. The summed E-state index contributed by atoms with van der Waals surface area (Å²) in [6.07, 6.45) is 0. The van der Waals surface area contributed by atoms with Crippen LogP contribution in [-0.4, -0.2) is 16.6 Å². The van der Waals surface area contributed by atoms with Crippen LogP contribution in [0.1, 0.15) is 0 Å². The molecule has 1 heterocycles. The average Bonchev–Trinajstić information content (AvgIpc) is 2.59. The number of nitrogens with one attached hydrogen (secondary N) is 1. The highest BCUT2D eigenvalue weighted by atomic mass is 16.6. The Hall–Kier alpha value is -3.35. The summed E-state index contributed by atoms with van der Waals surface area (Å²) in [5.74, 6) is 0.525. The number of ether oxygens (including phenoxy) is 1. The lowest BCUT2D eigenvalue weighted by Crippen LogP contribution is -2.22. The predicted molar refractivity (Wildman–Crippen MR) is 92.1 cm³/mol. The van der Waals surface area contributed by atoms with Crippen molar-refractivity contribution in [2.24, 2.45) is 7.05 Å². The number of anilines is 2. The molecule has 0 aliphatic rings. The normalized spacial score (nSPS) is 10.6. The third-order valence-corrected chi connectivity index (χ3v) is 3.83. The van der Waals surface area contributed by atoms with Crippen molar-refractivity contribution in [2.45, 2.75) is 0 Å². The summed E-state index contributed by atoms with van der Waals surface area (Å²) >= 11 is 0. The number of methoxy groups -OCH3 is 1. The lowest BCUT2D eigenvalue weighted by molar-refractivity contribution is -0.385. The lowest BCUT2D eigenvalue weighted by atomic mass is 10.1. The highest BCUT2D eigenvalue weighted by molar-refractivity contribution is 5.98. The minimum atomic E-state index is -0.670. The summed E-state index contributed by atoms with van der Waals surface area (Å²) in [6.45, 7) is 0. The number of pyridine rings is 1. The van der Waals surface area contributed by atoms with Gasteiger partial charge in [-0.15, -0.1) is 0 Å². The molecule has 7 nitrogen and oxygen atoms in total. The molecule has 0 radical (unpaired) electrons. The lowest BCUT2D eigenvalue weighted by Gasteiger charge is -2.14. The van der Waals surface area contributed by atoms with Crippen LogP contribution in [0.25, 0.3) is 10.9 Å². The molecule has 0 saturated carbocycles. The fourth-order valence-electron chi connectivity index (χ4n) is 2.66. The Balaban J connectivity index is 2.34. The second-order valence-corrected chi connectivity index (χ2v) is 5.19. The van der Waals surface area contributed by atoms with E-state index in [1.54, 1.807) is 48.5 Å². The van der Waals surface area contributed by atoms with E-state index < -0.39 is 16.2 Å². The molecular formula is C17H15N3O4. The molecule has 0 bridgehead atoms. The van der Waals surface area contributed by atoms with E-state index in [0.717, 1.165) is 0 Å². The van der Waals surface area contributed by atoms with Gasteiger partial charge in [-0.1, -0.05) is 30.3 Å². The van der Waals surface area contributed by atoms with Gasteiger partial charge in [0.1, 0.15) is 11.4 Å². The van der Waals surface area contributed by atoms with Crippen LogP contribution in [0.4, 0.5) is 17.1 Å². The third kappa shape index (κ3) is 2.45. The van der Waals surface area contributed by atoms with Crippen molar-refractivity contribution in [3.05, 3.63) is 69.0 Å². The third-order valence-electron chi connectivity index (χ3n) is 3.83. The van der Waals surface area contributed by atoms with E-state index in [9.17, 15) is 14.9 Å². The molecule has 3 rings (SSSR count). The predicted octanol–water partition coefficient (Wildman–Crippen LogP) is 3.20. The zero-order chi connectivity index (χ0) is 17.3. The van der Waals surface area contributed by atoms with E-state index in [0.29, 0.717) is 22.3 Å². The second kappa shape index (κ2) is 6.04. The van der Waals surface area contributed by atoms with Crippen LogP contribution in [0.15, 0.2) is 53.3 Å². The van der Waals surface area contributed by atoms with E-state index in [2.05, 4.69) is 5.32 Å². The van der Waals surface area contributed by atoms with Gasteiger partial charge < -0.3 is 14.6 Å². The maximum absolute atomic E-state index is 12.4. The van der Waals surface area contributed by atoms with Gasteiger partial charge in [0.15, 0.2) is 0 Å². The van der Waals surface area contributed by atoms with Gasteiger partial charge in [-0.05, 0) is 18.2 Å². The van der Waals surface area contributed by atoms with Gasteiger partial charge in [-0.3, -0.25) is 14.9 Å². The molecule has 2 aromatic carbocycles. The Bertz CT molecular complexity index is 995. The number of nitro groups is 1. The van der Waals surface area contributed by atoms with Crippen LogP contribution < -0.4 is 15.6 Å². The van der Waals surface area contributed by atoms with Crippen molar-refractivity contribution in [1.29, 1.82) is 0 Å². The van der Waals surface area contributed by atoms with E-state index in [4.69, 9.17) is 4.74 Å². The molecule has 122 valence electrons. The molecule has 1 N–H and O–H groups in total. The standard InChI is InChI=1S/C17H15N3O4/c1-19-13-9-5-3-7-11(13)15(16(17(19)21)20(22)23)18-12-8-4-6-10-14(12)24-2/h3-10,18H,1-2H3. The first kappa shape index (κ1) is 15.5. The van der Waals surface area contributed by atoms with Crippen molar-refractivity contribution in [3.63, 3.8) is 0 Å². The number of fused-ring (bicyclic) bond motifs is 1. The minimum absolute atomic E-state index is 0.156. The first-order valence-electron chi connectivity index (χ1n) is 7.20. The topological polar surface area (TPSA) is 86.4 Å². The Kier molecular flexibility index (Phi) is 3.91. The molecule has 0 atom stereocenters. The zero-order valence-corrected chi connectivity index (χ0v) is 13.1. The van der Waals surface area contributed by atoms with Crippen LogP contribution in [0, 0.1) is 10.1 Å². The summed E-state index contributed by atoms with van der Waals surface area (Å²) in [7, 11) is 3.03. The van der Waals surface area contributed by atoms with E-state index in [1.165, 1.54) is 18.7 Å².